The van der Waals surface area contributed by atoms with Crippen molar-refractivity contribution in [2.24, 2.45) is 22.2 Å². The number of carbonyl (C=O) groups is 5. The number of carbonyl (C=O) groups excluding carboxylic acids is 3. The summed E-state index contributed by atoms with van der Waals surface area (Å²) in [7, 11) is 0. The quantitative estimate of drug-likeness (QED) is 0.0616. The second-order valence-electron chi connectivity index (χ2n) is 8.55. The number of hydrogen-bond acceptors (Lipinski definition) is 8. The lowest BCUT2D eigenvalue weighted by molar-refractivity contribution is -0.141. The van der Waals surface area contributed by atoms with Crippen LogP contribution in [0.15, 0.2) is 29.3 Å². The summed E-state index contributed by atoms with van der Waals surface area (Å²) in [6.45, 7) is 1.37. The van der Waals surface area contributed by atoms with Crippen molar-refractivity contribution in [1.29, 1.82) is 0 Å². The summed E-state index contributed by atoms with van der Waals surface area (Å²) in [6, 6.07) is 1.05. The average molecular weight is 538 g/mol. The molecule has 15 heteroatoms. The number of nitrogens with one attached hydrogen (secondary N) is 3. The maximum absolute atomic E-state index is 13.0. The first-order chi connectivity index (χ1) is 17.8. The van der Waals surface area contributed by atoms with Crippen LogP contribution in [0.2, 0.25) is 0 Å². The first-order valence-electron chi connectivity index (χ1n) is 11.7. The van der Waals surface area contributed by atoms with Crippen LogP contribution < -0.4 is 33.2 Å². The Balaban J connectivity index is 2.98. The first kappa shape index (κ1) is 31.6. The van der Waals surface area contributed by atoms with Crippen LogP contribution >= 0.6 is 0 Å². The van der Waals surface area contributed by atoms with E-state index >= 15 is 0 Å². The molecule has 12 N–H and O–H groups in total. The second-order valence-corrected chi connectivity index (χ2v) is 8.55. The van der Waals surface area contributed by atoms with Crippen molar-refractivity contribution in [2.75, 3.05) is 6.54 Å². The van der Waals surface area contributed by atoms with Crippen LogP contribution in [0.3, 0.4) is 0 Å². The van der Waals surface area contributed by atoms with Gasteiger partial charge in [0.1, 0.15) is 23.9 Å². The van der Waals surface area contributed by atoms with E-state index < -0.39 is 60.2 Å². The lowest BCUT2D eigenvalue weighted by Crippen LogP contribution is -2.57. The van der Waals surface area contributed by atoms with Gasteiger partial charge in [-0.25, -0.2) is 0 Å². The molecule has 4 atom stereocenters. The maximum Gasteiger partial charge on any atom is 0.325 e. The molecule has 0 bridgehead atoms. The molecule has 0 saturated carbocycles. The van der Waals surface area contributed by atoms with Gasteiger partial charge in [-0.3, -0.25) is 29.0 Å². The Labute approximate surface area is 218 Å². The molecule has 15 nitrogen and oxygen atoms in total. The standard InChI is InChI=1S/C23H35N7O8/c1-12(22(37)38)28-20(35)16(3-2-10-27-23(25)26)30-21(36)17(8-9-18(32)33)29-19(34)15(24)11-13-4-6-14(31)7-5-13/h4-7,12,15-17,31H,2-3,8-11,24H2,1H3,(H,28,35)(H,29,34)(H,30,36)(H,32,33)(H,37,38)(H4,25,26,27). The third-order valence-electron chi connectivity index (χ3n) is 5.32. The highest BCUT2D eigenvalue weighted by molar-refractivity contribution is 5.94. The SMILES string of the molecule is CC(NC(=O)C(CCCN=C(N)N)NC(=O)C(CCC(=O)O)NC(=O)C(N)Cc1ccc(O)cc1)C(=O)O. The fourth-order valence-electron chi connectivity index (χ4n) is 3.21. The summed E-state index contributed by atoms with van der Waals surface area (Å²) in [5.74, 6) is -5.05. The third-order valence-corrected chi connectivity index (χ3v) is 5.32. The Hall–Kier alpha value is -4.40. The molecule has 38 heavy (non-hydrogen) atoms. The summed E-state index contributed by atoms with van der Waals surface area (Å²) in [6.07, 6.45) is -0.444. The fraction of sp³-hybridized carbons (Fsp3) is 0.478. The Kier molecular flexibility index (Phi) is 13.0. The average Bonchev–Trinajstić information content (AvgIpc) is 2.84. The number of amides is 3. The largest absolute Gasteiger partial charge is 0.508 e. The molecule has 0 aliphatic rings. The summed E-state index contributed by atoms with van der Waals surface area (Å²) in [5, 5.41) is 34.6. The molecule has 0 radical (unpaired) electrons. The number of rotatable bonds is 16. The second kappa shape index (κ2) is 15.7. The predicted molar refractivity (Wildman–Crippen MR) is 136 cm³/mol. The number of nitrogens with zero attached hydrogens (tertiary/aromatic N) is 1. The van der Waals surface area contributed by atoms with Gasteiger partial charge in [0.2, 0.25) is 17.7 Å². The van der Waals surface area contributed by atoms with E-state index in [-0.39, 0.29) is 43.9 Å². The Morgan fingerprint density at radius 2 is 1.45 bits per heavy atom. The molecule has 0 spiro atoms. The summed E-state index contributed by atoms with van der Waals surface area (Å²) in [4.78, 5) is 64.4. The molecule has 0 fully saturated rings. The highest BCUT2D eigenvalue weighted by atomic mass is 16.4. The van der Waals surface area contributed by atoms with Gasteiger partial charge in [-0.15, -0.1) is 0 Å². The Bertz CT molecular complexity index is 1010. The zero-order valence-electron chi connectivity index (χ0n) is 20.9. The van der Waals surface area contributed by atoms with Crippen molar-refractivity contribution in [3.8, 4) is 5.75 Å². The highest BCUT2D eigenvalue weighted by Gasteiger charge is 2.29. The van der Waals surface area contributed by atoms with Crippen molar-refractivity contribution < 1.29 is 39.3 Å². The normalized spacial score (nSPS) is 13.7. The number of carboxylic acid groups (broad SMARTS) is 2. The molecule has 0 saturated heterocycles. The Morgan fingerprint density at radius 3 is 2.00 bits per heavy atom. The number of aliphatic imine (C=N–C) groups is 1. The maximum atomic E-state index is 13.0. The minimum absolute atomic E-state index is 0.0145. The van der Waals surface area contributed by atoms with E-state index in [0.717, 1.165) is 0 Å². The van der Waals surface area contributed by atoms with Gasteiger partial charge in [-0.1, -0.05) is 12.1 Å². The minimum atomic E-state index is -1.35. The van der Waals surface area contributed by atoms with Crippen LogP contribution in [0.25, 0.3) is 0 Å². The number of aliphatic carboxylic acids is 2. The van der Waals surface area contributed by atoms with Crippen molar-refractivity contribution in [2.45, 2.75) is 63.2 Å². The van der Waals surface area contributed by atoms with E-state index in [2.05, 4.69) is 20.9 Å². The van der Waals surface area contributed by atoms with Gasteiger partial charge in [0.05, 0.1) is 6.04 Å². The summed E-state index contributed by atoms with van der Waals surface area (Å²) in [5.41, 5.74) is 17.1. The number of guanidine groups is 1. The monoisotopic (exact) mass is 537 g/mol. The van der Waals surface area contributed by atoms with Crippen LogP contribution in [0.4, 0.5) is 0 Å². The van der Waals surface area contributed by atoms with Crippen LogP contribution in [0.5, 0.6) is 5.75 Å². The van der Waals surface area contributed by atoms with E-state index in [1.165, 1.54) is 19.1 Å². The molecule has 3 amide bonds. The number of nitrogens with two attached hydrogens (primary N) is 3. The summed E-state index contributed by atoms with van der Waals surface area (Å²) >= 11 is 0. The molecule has 1 aromatic carbocycles. The van der Waals surface area contributed by atoms with Crippen molar-refractivity contribution in [3.05, 3.63) is 29.8 Å². The highest BCUT2D eigenvalue weighted by Crippen LogP contribution is 2.11. The zero-order valence-corrected chi connectivity index (χ0v) is 20.9. The van der Waals surface area contributed by atoms with Gasteiger partial charge in [0.25, 0.3) is 0 Å². The number of benzene rings is 1. The van der Waals surface area contributed by atoms with Gasteiger partial charge >= 0.3 is 11.9 Å². The minimum Gasteiger partial charge on any atom is -0.508 e. The van der Waals surface area contributed by atoms with Crippen molar-refractivity contribution >= 4 is 35.6 Å². The molecule has 0 aliphatic heterocycles. The Morgan fingerprint density at radius 1 is 0.895 bits per heavy atom. The summed E-state index contributed by atoms with van der Waals surface area (Å²) < 4.78 is 0. The lowest BCUT2D eigenvalue weighted by Gasteiger charge is -2.24. The van der Waals surface area contributed by atoms with E-state index in [1.54, 1.807) is 12.1 Å². The van der Waals surface area contributed by atoms with Crippen LogP contribution in [0.1, 0.15) is 38.2 Å². The number of phenolic OH excluding ortho intramolecular Hbond substituents is 1. The molecule has 4 unspecified atom stereocenters. The number of aromatic hydroxyl groups is 1. The van der Waals surface area contributed by atoms with Crippen molar-refractivity contribution in [3.63, 3.8) is 0 Å². The molecule has 0 aliphatic carbocycles. The third kappa shape index (κ3) is 12.0. The lowest BCUT2D eigenvalue weighted by atomic mass is 10.0. The van der Waals surface area contributed by atoms with Crippen LogP contribution in [-0.2, 0) is 30.4 Å². The smallest absolute Gasteiger partial charge is 0.325 e. The fourth-order valence-corrected chi connectivity index (χ4v) is 3.21. The van der Waals surface area contributed by atoms with Gasteiger partial charge in [0.15, 0.2) is 5.96 Å². The topological polar surface area (TPSA) is 273 Å². The molecular formula is C23H35N7O8. The molecular weight excluding hydrogens is 502 g/mol. The van der Waals surface area contributed by atoms with E-state index in [1.807, 2.05) is 0 Å². The molecule has 1 rings (SSSR count). The number of carboxylic acids is 2. The zero-order chi connectivity index (χ0) is 28.8. The van der Waals surface area contributed by atoms with Crippen LogP contribution in [-0.4, -0.2) is 81.7 Å². The van der Waals surface area contributed by atoms with E-state index in [0.29, 0.717) is 5.56 Å². The number of hydrogen-bond donors (Lipinski definition) is 9. The molecule has 1 aromatic rings. The molecule has 0 heterocycles. The van der Waals surface area contributed by atoms with Crippen molar-refractivity contribution in [1.82, 2.24) is 16.0 Å². The molecule has 0 aromatic heterocycles. The first-order valence-corrected chi connectivity index (χ1v) is 11.7. The van der Waals surface area contributed by atoms with E-state index in [9.17, 15) is 29.1 Å². The van der Waals surface area contributed by atoms with Crippen LogP contribution in [0, 0.1) is 0 Å². The molecule has 210 valence electrons. The van der Waals surface area contributed by atoms with Gasteiger partial charge < -0.3 is 48.5 Å². The van der Waals surface area contributed by atoms with Gasteiger partial charge in [-0.2, -0.15) is 0 Å². The van der Waals surface area contributed by atoms with Gasteiger partial charge in [-0.05, 0) is 50.3 Å². The number of phenols is 1. The predicted octanol–water partition coefficient (Wildman–Crippen LogP) is -2.26. The van der Waals surface area contributed by atoms with Gasteiger partial charge in [0, 0.05) is 13.0 Å². The van der Waals surface area contributed by atoms with E-state index in [4.69, 9.17) is 27.4 Å².